The quantitative estimate of drug-likeness (QED) is 0.447. The summed E-state index contributed by atoms with van der Waals surface area (Å²) >= 11 is 0. The summed E-state index contributed by atoms with van der Waals surface area (Å²) in [5.74, 6) is -2.35. The molecule has 2 heterocycles. The Morgan fingerprint density at radius 1 is 1.03 bits per heavy atom. The van der Waals surface area contributed by atoms with Crippen molar-refractivity contribution in [2.45, 2.75) is 31.7 Å². The number of aromatic nitrogens is 1. The molecule has 192 valence electrons. The predicted octanol–water partition coefficient (Wildman–Crippen LogP) is 4.30. The van der Waals surface area contributed by atoms with Gasteiger partial charge in [-0.1, -0.05) is 6.07 Å². The first kappa shape index (κ1) is 25.9. The summed E-state index contributed by atoms with van der Waals surface area (Å²) in [6.45, 7) is 2.90. The van der Waals surface area contributed by atoms with Crippen molar-refractivity contribution in [2.24, 2.45) is 0 Å². The topological polar surface area (TPSA) is 65.9 Å². The van der Waals surface area contributed by atoms with Gasteiger partial charge in [0.05, 0.1) is 18.8 Å². The van der Waals surface area contributed by atoms with Crippen LogP contribution in [0, 0.1) is 17.5 Å². The highest BCUT2D eigenvalue weighted by molar-refractivity contribution is 5.83. The van der Waals surface area contributed by atoms with Crippen LogP contribution in [0.25, 0.3) is 10.9 Å². The zero-order valence-electron chi connectivity index (χ0n) is 20.2. The average Bonchev–Trinajstić information content (AvgIpc) is 2.87. The van der Waals surface area contributed by atoms with E-state index in [1.165, 1.54) is 12.3 Å². The normalized spacial score (nSPS) is 16.9. The number of rotatable bonds is 10. The number of fused-ring (bicyclic) bond motifs is 1. The van der Waals surface area contributed by atoms with Crippen molar-refractivity contribution in [3.05, 3.63) is 71.2 Å². The fraction of sp³-hybridized carbons (Fsp3) is 0.407. The van der Waals surface area contributed by atoms with Crippen molar-refractivity contribution < 1.29 is 27.8 Å². The number of hydrogen-bond acceptors (Lipinski definition) is 5. The summed E-state index contributed by atoms with van der Waals surface area (Å²) in [6, 6.07) is 8.61. The first-order chi connectivity index (χ1) is 17.4. The lowest BCUT2D eigenvalue weighted by atomic mass is 10.0. The van der Waals surface area contributed by atoms with Crippen LogP contribution in [0.2, 0.25) is 0 Å². The highest BCUT2D eigenvalue weighted by Gasteiger charge is 2.31. The zero-order valence-corrected chi connectivity index (χ0v) is 20.2. The largest absolute Gasteiger partial charge is 0.497 e. The number of carboxylic acids is 1. The fourth-order valence-electron chi connectivity index (χ4n) is 4.83. The van der Waals surface area contributed by atoms with Gasteiger partial charge in [-0.05, 0) is 80.2 Å². The summed E-state index contributed by atoms with van der Waals surface area (Å²) < 4.78 is 46.4. The molecule has 3 aromatic rings. The molecule has 2 aromatic carbocycles. The van der Waals surface area contributed by atoms with Crippen LogP contribution in [0.3, 0.4) is 0 Å². The highest BCUT2D eigenvalue weighted by atomic mass is 19.2. The number of carbonyl (C=O) groups is 1. The van der Waals surface area contributed by atoms with Gasteiger partial charge in [0.2, 0.25) is 0 Å². The van der Waals surface area contributed by atoms with Gasteiger partial charge in [-0.2, -0.15) is 0 Å². The Labute approximate surface area is 208 Å². The Kier molecular flexibility index (Phi) is 8.43. The molecular formula is C27H30F3N3O3. The van der Waals surface area contributed by atoms with Gasteiger partial charge in [0, 0.05) is 25.0 Å². The minimum atomic E-state index is -0.884. The Morgan fingerprint density at radius 3 is 2.58 bits per heavy atom. The lowest BCUT2D eigenvalue weighted by Gasteiger charge is -2.39. The van der Waals surface area contributed by atoms with Gasteiger partial charge in [-0.15, -0.1) is 0 Å². The summed E-state index contributed by atoms with van der Waals surface area (Å²) in [5.41, 5.74) is 1.96. The molecule has 1 N–H and O–H groups in total. The van der Waals surface area contributed by atoms with E-state index >= 15 is 0 Å². The van der Waals surface area contributed by atoms with Crippen LogP contribution in [-0.2, 0) is 17.6 Å². The number of halogens is 3. The molecule has 1 aliphatic heterocycles. The van der Waals surface area contributed by atoms with Crippen molar-refractivity contribution in [3.8, 4) is 5.75 Å². The van der Waals surface area contributed by atoms with Crippen LogP contribution in [0.4, 0.5) is 13.2 Å². The molecule has 0 bridgehead atoms. The third-order valence-electron chi connectivity index (χ3n) is 6.79. The Morgan fingerprint density at radius 2 is 1.83 bits per heavy atom. The van der Waals surface area contributed by atoms with Crippen molar-refractivity contribution in [1.82, 2.24) is 14.8 Å². The van der Waals surface area contributed by atoms with E-state index < -0.39 is 23.6 Å². The number of piperazine rings is 1. The number of aryl methyl sites for hydroxylation is 2. The van der Waals surface area contributed by atoms with Gasteiger partial charge in [0.25, 0.3) is 0 Å². The summed E-state index contributed by atoms with van der Waals surface area (Å²) in [4.78, 5) is 20.2. The molecule has 0 aliphatic carbocycles. The van der Waals surface area contributed by atoms with E-state index in [9.17, 15) is 23.1 Å². The number of methoxy groups -OCH3 is 1. The first-order valence-corrected chi connectivity index (χ1v) is 12.1. The van der Waals surface area contributed by atoms with Crippen molar-refractivity contribution in [3.63, 3.8) is 0 Å². The average molecular weight is 502 g/mol. The van der Waals surface area contributed by atoms with Crippen LogP contribution in [-0.4, -0.2) is 71.7 Å². The number of carboxylic acid groups (broad SMARTS) is 1. The Bertz CT molecular complexity index is 1220. The van der Waals surface area contributed by atoms with Gasteiger partial charge >= 0.3 is 5.97 Å². The molecule has 1 saturated heterocycles. The number of aliphatic carboxylic acids is 1. The van der Waals surface area contributed by atoms with E-state index in [1.807, 2.05) is 4.90 Å². The van der Waals surface area contributed by atoms with E-state index in [0.717, 1.165) is 18.1 Å². The minimum Gasteiger partial charge on any atom is -0.497 e. The Balaban J connectivity index is 1.31. The highest BCUT2D eigenvalue weighted by Crippen LogP contribution is 2.26. The molecule has 0 saturated carbocycles. The van der Waals surface area contributed by atoms with Crippen molar-refractivity contribution in [1.29, 1.82) is 0 Å². The third-order valence-corrected chi connectivity index (χ3v) is 6.79. The molecule has 0 amide bonds. The second-order valence-corrected chi connectivity index (χ2v) is 9.11. The molecule has 0 unspecified atom stereocenters. The third kappa shape index (κ3) is 6.14. The maximum absolute atomic E-state index is 14.6. The summed E-state index contributed by atoms with van der Waals surface area (Å²) in [5, 5.41) is 10.5. The summed E-state index contributed by atoms with van der Waals surface area (Å²) in [6.07, 6.45) is 3.59. The molecule has 0 spiro atoms. The van der Waals surface area contributed by atoms with E-state index in [4.69, 9.17) is 4.74 Å². The van der Waals surface area contributed by atoms with Crippen LogP contribution < -0.4 is 4.74 Å². The molecule has 36 heavy (non-hydrogen) atoms. The monoisotopic (exact) mass is 501 g/mol. The second kappa shape index (κ2) is 11.7. The predicted molar refractivity (Wildman–Crippen MR) is 131 cm³/mol. The molecular weight excluding hydrogens is 471 g/mol. The van der Waals surface area contributed by atoms with E-state index in [2.05, 4.69) is 9.88 Å². The standard InChI is InChI=1S/C27H30F3N3O3/c1-36-19-7-9-25-21(15-19)20(24(30)16-31-25)5-3-11-33-13-12-32(17-26(33)27(34)35)10-2-4-18-6-8-22(28)23(29)14-18/h6-9,14-16,26H,2-5,10-13,17H2,1H3,(H,34,35)/t26-/m1/s1. The molecule has 9 heteroatoms. The van der Waals surface area contributed by atoms with Gasteiger partial charge < -0.3 is 9.84 Å². The van der Waals surface area contributed by atoms with E-state index in [0.29, 0.717) is 74.2 Å². The minimum absolute atomic E-state index is 0.378. The maximum atomic E-state index is 14.6. The van der Waals surface area contributed by atoms with E-state index in [-0.39, 0.29) is 5.82 Å². The van der Waals surface area contributed by atoms with Crippen LogP contribution in [0.5, 0.6) is 5.75 Å². The maximum Gasteiger partial charge on any atom is 0.322 e. The van der Waals surface area contributed by atoms with Crippen LogP contribution in [0.15, 0.2) is 42.6 Å². The van der Waals surface area contributed by atoms with Crippen molar-refractivity contribution in [2.75, 3.05) is 39.8 Å². The fourth-order valence-corrected chi connectivity index (χ4v) is 4.83. The Hall–Kier alpha value is -3.17. The van der Waals surface area contributed by atoms with Gasteiger partial charge in [-0.3, -0.25) is 19.6 Å². The van der Waals surface area contributed by atoms with Gasteiger partial charge in [-0.25, -0.2) is 13.2 Å². The SMILES string of the molecule is COc1ccc2ncc(F)c(CCCN3CCN(CCCc4ccc(F)c(F)c4)C[C@@H]3C(=O)O)c2c1. The number of ether oxygens (including phenoxy) is 1. The molecule has 1 aliphatic rings. The number of nitrogens with zero attached hydrogens (tertiary/aromatic N) is 3. The van der Waals surface area contributed by atoms with E-state index in [1.54, 1.807) is 31.4 Å². The number of pyridine rings is 1. The molecule has 4 rings (SSSR count). The summed E-state index contributed by atoms with van der Waals surface area (Å²) in [7, 11) is 1.56. The van der Waals surface area contributed by atoms with Gasteiger partial charge in [0.15, 0.2) is 11.6 Å². The van der Waals surface area contributed by atoms with Gasteiger partial charge in [0.1, 0.15) is 17.6 Å². The lowest BCUT2D eigenvalue weighted by Crippen LogP contribution is -2.56. The first-order valence-electron chi connectivity index (χ1n) is 12.1. The zero-order chi connectivity index (χ0) is 25.7. The molecule has 1 fully saturated rings. The molecule has 6 nitrogen and oxygen atoms in total. The van der Waals surface area contributed by atoms with Crippen LogP contribution >= 0.6 is 0 Å². The second-order valence-electron chi connectivity index (χ2n) is 9.11. The lowest BCUT2D eigenvalue weighted by molar-refractivity contribution is -0.145. The molecule has 0 radical (unpaired) electrons. The molecule has 1 aromatic heterocycles. The number of benzene rings is 2. The van der Waals surface area contributed by atoms with Crippen molar-refractivity contribution >= 4 is 16.9 Å². The number of hydrogen-bond donors (Lipinski definition) is 1. The van der Waals surface area contributed by atoms with Crippen LogP contribution in [0.1, 0.15) is 24.0 Å². The smallest absolute Gasteiger partial charge is 0.322 e. The molecule has 1 atom stereocenters.